The average Bonchev–Trinajstić information content (AvgIpc) is 3.47. The highest BCUT2D eigenvalue weighted by Crippen LogP contribution is 2.43. The Hall–Kier alpha value is -2.50. The number of carbonyl (C=O) groups excluding carboxylic acids is 2. The predicted octanol–water partition coefficient (Wildman–Crippen LogP) is 4.01. The lowest BCUT2D eigenvalue weighted by atomic mass is 10.0. The van der Waals surface area contributed by atoms with Gasteiger partial charge in [0.25, 0.3) is 11.8 Å². The molecule has 2 aromatic heterocycles. The number of nitrogens with zero attached hydrogens (tertiary/aromatic N) is 3. The van der Waals surface area contributed by atoms with Gasteiger partial charge >= 0.3 is 6.18 Å². The number of aromatic nitrogens is 1. The SMILES string of the molecule is Cc1ccc2c(C(F)(F)F)c(C(=O)N3CC(N[C@H]4CCN(C(=O)c5cscn5)C4)C3)sc2c1. The topological polar surface area (TPSA) is 65.5 Å². The summed E-state index contributed by atoms with van der Waals surface area (Å²) in [6.07, 6.45) is -3.81. The summed E-state index contributed by atoms with van der Waals surface area (Å²) in [5.74, 6) is -0.670. The predicted molar refractivity (Wildman–Crippen MR) is 121 cm³/mol. The Balaban J connectivity index is 1.22. The zero-order valence-corrected chi connectivity index (χ0v) is 19.3. The second kappa shape index (κ2) is 8.37. The number of nitrogens with one attached hydrogen (secondary N) is 1. The first-order valence-corrected chi connectivity index (χ1v) is 12.3. The molecule has 33 heavy (non-hydrogen) atoms. The molecule has 6 nitrogen and oxygen atoms in total. The number of fused-ring (bicyclic) bond motifs is 1. The number of alkyl halides is 3. The number of benzene rings is 1. The van der Waals surface area contributed by atoms with Crippen LogP contribution in [0.1, 0.15) is 37.7 Å². The number of hydrogen-bond acceptors (Lipinski definition) is 6. The number of thiazole rings is 1. The van der Waals surface area contributed by atoms with Crippen molar-refractivity contribution >= 4 is 44.6 Å². The summed E-state index contributed by atoms with van der Waals surface area (Å²) in [6, 6.07) is 4.85. The molecule has 0 spiro atoms. The van der Waals surface area contributed by atoms with Gasteiger partial charge in [-0.1, -0.05) is 12.1 Å². The van der Waals surface area contributed by atoms with Crippen molar-refractivity contribution in [3.63, 3.8) is 0 Å². The Morgan fingerprint density at radius 1 is 1.12 bits per heavy atom. The van der Waals surface area contributed by atoms with Crippen molar-refractivity contribution < 1.29 is 22.8 Å². The maximum absolute atomic E-state index is 13.8. The highest BCUT2D eigenvalue weighted by atomic mass is 32.1. The normalized spacial score (nSPS) is 19.3. The molecule has 174 valence electrons. The van der Waals surface area contributed by atoms with Crippen molar-refractivity contribution in [2.45, 2.75) is 31.6 Å². The van der Waals surface area contributed by atoms with Crippen LogP contribution in [0.3, 0.4) is 0 Å². The number of carbonyl (C=O) groups is 2. The van der Waals surface area contributed by atoms with Crippen LogP contribution in [0.15, 0.2) is 29.1 Å². The Kier molecular flexibility index (Phi) is 5.66. The molecule has 2 fully saturated rings. The van der Waals surface area contributed by atoms with E-state index in [1.54, 1.807) is 27.9 Å². The van der Waals surface area contributed by atoms with Gasteiger partial charge in [-0.2, -0.15) is 13.2 Å². The smallest absolute Gasteiger partial charge is 0.336 e. The fraction of sp³-hybridized carbons (Fsp3) is 0.409. The molecule has 5 rings (SSSR count). The van der Waals surface area contributed by atoms with E-state index in [0.29, 0.717) is 36.6 Å². The van der Waals surface area contributed by atoms with Crippen molar-refractivity contribution in [2.75, 3.05) is 26.2 Å². The van der Waals surface area contributed by atoms with Gasteiger partial charge in [-0.15, -0.1) is 22.7 Å². The van der Waals surface area contributed by atoms with Crippen molar-refractivity contribution in [2.24, 2.45) is 0 Å². The quantitative estimate of drug-likeness (QED) is 0.595. The van der Waals surface area contributed by atoms with Crippen LogP contribution in [-0.4, -0.2) is 64.9 Å². The van der Waals surface area contributed by atoms with Gasteiger partial charge in [-0.25, -0.2) is 4.98 Å². The van der Waals surface area contributed by atoms with Crippen molar-refractivity contribution in [3.8, 4) is 0 Å². The Labute approximate surface area is 196 Å². The third kappa shape index (κ3) is 4.24. The van der Waals surface area contributed by atoms with Crippen LogP contribution >= 0.6 is 22.7 Å². The Morgan fingerprint density at radius 2 is 1.88 bits per heavy atom. The van der Waals surface area contributed by atoms with Crippen LogP contribution in [0, 0.1) is 6.92 Å². The molecule has 2 aliphatic rings. The third-order valence-corrected chi connectivity index (χ3v) is 7.82. The van der Waals surface area contributed by atoms with Crippen molar-refractivity contribution in [1.82, 2.24) is 20.1 Å². The van der Waals surface area contributed by atoms with Gasteiger partial charge in [0.05, 0.1) is 11.1 Å². The standard InChI is InChI=1S/C22H21F3N4O2S2/c1-12-2-3-15-17(6-12)33-19(18(15)22(23,24)25)21(31)29-8-14(9-29)27-13-4-5-28(7-13)20(30)16-10-32-11-26-16/h2-3,6,10-11,13-14,27H,4-5,7-9H2,1H3/t13-/m0/s1. The first-order chi connectivity index (χ1) is 15.7. The summed E-state index contributed by atoms with van der Waals surface area (Å²) in [6.45, 7) is 3.68. The van der Waals surface area contributed by atoms with Gasteiger partial charge in [-0.3, -0.25) is 9.59 Å². The first-order valence-electron chi connectivity index (χ1n) is 10.5. The second-order valence-corrected chi connectivity index (χ2v) is 10.3. The Morgan fingerprint density at radius 3 is 2.58 bits per heavy atom. The van der Waals surface area contributed by atoms with E-state index in [0.717, 1.165) is 23.3 Å². The van der Waals surface area contributed by atoms with E-state index in [9.17, 15) is 22.8 Å². The molecule has 4 heterocycles. The fourth-order valence-electron chi connectivity index (χ4n) is 4.42. The zero-order valence-electron chi connectivity index (χ0n) is 17.7. The molecule has 1 aromatic carbocycles. The Bertz CT molecular complexity index is 1200. The molecule has 0 radical (unpaired) electrons. The molecular weight excluding hydrogens is 473 g/mol. The lowest BCUT2D eigenvalue weighted by molar-refractivity contribution is -0.136. The van der Waals surface area contributed by atoms with Crippen LogP contribution in [0.2, 0.25) is 0 Å². The summed E-state index contributed by atoms with van der Waals surface area (Å²) >= 11 is 2.28. The fourth-order valence-corrected chi connectivity index (χ4v) is 6.24. The molecule has 0 saturated carbocycles. The van der Waals surface area contributed by atoms with Gasteiger partial charge in [0.1, 0.15) is 10.6 Å². The summed E-state index contributed by atoms with van der Waals surface area (Å²) in [7, 11) is 0. The average molecular weight is 495 g/mol. The molecule has 1 atom stereocenters. The summed E-state index contributed by atoms with van der Waals surface area (Å²) in [4.78, 5) is 32.4. The van der Waals surface area contributed by atoms with Crippen LogP contribution in [0.25, 0.3) is 10.1 Å². The lowest BCUT2D eigenvalue weighted by Gasteiger charge is -2.41. The number of amides is 2. The number of hydrogen-bond donors (Lipinski definition) is 1. The van der Waals surface area contributed by atoms with Gasteiger partial charge in [0.2, 0.25) is 0 Å². The highest BCUT2D eigenvalue weighted by molar-refractivity contribution is 7.21. The maximum atomic E-state index is 13.8. The van der Waals surface area contributed by atoms with Crippen molar-refractivity contribution in [1.29, 1.82) is 0 Å². The largest absolute Gasteiger partial charge is 0.418 e. The summed E-state index contributed by atoms with van der Waals surface area (Å²) < 4.78 is 41.9. The summed E-state index contributed by atoms with van der Waals surface area (Å²) in [5, 5.41) is 5.24. The third-order valence-electron chi connectivity index (χ3n) is 6.09. The number of halogens is 3. The van der Waals surface area contributed by atoms with Gasteiger partial charge < -0.3 is 15.1 Å². The monoisotopic (exact) mass is 494 g/mol. The highest BCUT2D eigenvalue weighted by Gasteiger charge is 2.42. The van der Waals surface area contributed by atoms with Crippen molar-refractivity contribution in [3.05, 3.63) is 50.8 Å². The van der Waals surface area contributed by atoms with E-state index < -0.39 is 17.6 Å². The number of aryl methyl sites for hydroxylation is 1. The van der Waals surface area contributed by atoms with Crippen LogP contribution in [0.5, 0.6) is 0 Å². The second-order valence-electron chi connectivity index (χ2n) is 8.49. The number of rotatable bonds is 4. The minimum absolute atomic E-state index is 0.000709. The molecule has 2 aliphatic heterocycles. The molecule has 0 bridgehead atoms. The molecule has 1 N–H and O–H groups in total. The minimum Gasteiger partial charge on any atom is -0.336 e. The van der Waals surface area contributed by atoms with E-state index >= 15 is 0 Å². The van der Waals surface area contributed by atoms with E-state index in [2.05, 4.69) is 10.3 Å². The van der Waals surface area contributed by atoms with Crippen LogP contribution in [0.4, 0.5) is 13.2 Å². The molecule has 2 saturated heterocycles. The molecule has 2 amide bonds. The van der Waals surface area contributed by atoms with E-state index in [1.807, 2.05) is 6.92 Å². The van der Waals surface area contributed by atoms with E-state index in [4.69, 9.17) is 0 Å². The number of likely N-dealkylation sites (tertiary alicyclic amines) is 2. The lowest BCUT2D eigenvalue weighted by Crippen LogP contribution is -2.62. The van der Waals surface area contributed by atoms with E-state index in [1.165, 1.54) is 22.3 Å². The van der Waals surface area contributed by atoms with Crippen LogP contribution in [-0.2, 0) is 6.18 Å². The number of thiophene rings is 1. The molecule has 11 heteroatoms. The molecule has 0 unspecified atom stereocenters. The van der Waals surface area contributed by atoms with Gasteiger partial charge in [0, 0.05) is 53.7 Å². The van der Waals surface area contributed by atoms with E-state index in [-0.39, 0.29) is 28.3 Å². The molecule has 3 aromatic rings. The molecule has 0 aliphatic carbocycles. The molecular formula is C22H21F3N4O2S2. The van der Waals surface area contributed by atoms with Crippen LogP contribution < -0.4 is 5.32 Å². The van der Waals surface area contributed by atoms with Gasteiger partial charge in [0.15, 0.2) is 0 Å². The zero-order chi connectivity index (χ0) is 23.3. The minimum atomic E-state index is -4.60. The maximum Gasteiger partial charge on any atom is 0.418 e. The first kappa shape index (κ1) is 22.3. The summed E-state index contributed by atoms with van der Waals surface area (Å²) in [5.41, 5.74) is 2.08. The van der Waals surface area contributed by atoms with Gasteiger partial charge in [-0.05, 0) is 25.0 Å².